The van der Waals surface area contributed by atoms with Crippen LogP contribution in [-0.4, -0.2) is 61.6 Å². The van der Waals surface area contributed by atoms with Crippen molar-refractivity contribution in [1.29, 1.82) is 0 Å². The van der Waals surface area contributed by atoms with Crippen molar-refractivity contribution in [3.8, 4) is 0 Å². The molecule has 2 rings (SSSR count). The minimum atomic E-state index is -0.00356. The van der Waals surface area contributed by atoms with Crippen molar-refractivity contribution in [2.75, 3.05) is 32.7 Å². The molecular weight excluding hydrogens is 278 g/mol. The average Bonchev–Trinajstić information content (AvgIpc) is 3.14. The summed E-state index contributed by atoms with van der Waals surface area (Å²) >= 11 is 0. The molecule has 0 aromatic heterocycles. The van der Waals surface area contributed by atoms with Gasteiger partial charge >= 0.3 is 0 Å². The quantitative estimate of drug-likeness (QED) is 0.384. The molecule has 1 atom stereocenters. The first-order valence-electron chi connectivity index (χ1n) is 8.72. The van der Waals surface area contributed by atoms with Crippen molar-refractivity contribution in [2.45, 2.75) is 58.0 Å². The molecule has 0 aromatic carbocycles. The fourth-order valence-electron chi connectivity index (χ4n) is 3.42. The standard InChI is InChI=1S/C16H31N5O/c1-3-17-16(19-10-9-18-13(2)22)20-14-8-11-21(12-14)15-6-4-5-7-15/h14-15H,3-12H2,1-2H3,(H,18,22)(H2,17,19,20). The van der Waals surface area contributed by atoms with Crippen LogP contribution in [-0.2, 0) is 4.79 Å². The minimum Gasteiger partial charge on any atom is -0.357 e. The van der Waals surface area contributed by atoms with E-state index in [0.29, 0.717) is 19.1 Å². The van der Waals surface area contributed by atoms with Crippen LogP contribution in [0.2, 0.25) is 0 Å². The summed E-state index contributed by atoms with van der Waals surface area (Å²) in [7, 11) is 0. The van der Waals surface area contributed by atoms with Crippen molar-refractivity contribution < 1.29 is 4.79 Å². The van der Waals surface area contributed by atoms with Gasteiger partial charge in [0.2, 0.25) is 5.91 Å². The smallest absolute Gasteiger partial charge is 0.216 e. The van der Waals surface area contributed by atoms with Crippen molar-refractivity contribution in [1.82, 2.24) is 20.9 Å². The number of aliphatic imine (C=N–C) groups is 1. The van der Waals surface area contributed by atoms with E-state index in [9.17, 15) is 4.79 Å². The van der Waals surface area contributed by atoms with Crippen LogP contribution < -0.4 is 16.0 Å². The van der Waals surface area contributed by atoms with E-state index < -0.39 is 0 Å². The number of nitrogens with zero attached hydrogens (tertiary/aromatic N) is 2. The molecule has 1 unspecified atom stereocenters. The molecule has 6 nitrogen and oxygen atoms in total. The van der Waals surface area contributed by atoms with Crippen molar-refractivity contribution in [3.05, 3.63) is 0 Å². The average molecular weight is 309 g/mol. The molecule has 126 valence electrons. The summed E-state index contributed by atoms with van der Waals surface area (Å²) in [6.45, 7) is 7.98. The van der Waals surface area contributed by atoms with Gasteiger partial charge in [-0.2, -0.15) is 0 Å². The SMILES string of the molecule is CCNC(=NCCNC(C)=O)NC1CCN(C2CCCC2)C1. The first-order chi connectivity index (χ1) is 10.7. The predicted octanol–water partition coefficient (Wildman–Crippen LogP) is 0.695. The molecule has 0 radical (unpaired) electrons. The summed E-state index contributed by atoms with van der Waals surface area (Å²) in [5, 5.41) is 9.60. The summed E-state index contributed by atoms with van der Waals surface area (Å²) in [6.07, 6.45) is 6.72. The maximum atomic E-state index is 10.9. The zero-order valence-electron chi connectivity index (χ0n) is 14.0. The zero-order chi connectivity index (χ0) is 15.8. The summed E-state index contributed by atoms with van der Waals surface area (Å²) in [4.78, 5) is 18.0. The summed E-state index contributed by atoms with van der Waals surface area (Å²) in [6, 6.07) is 1.30. The Kier molecular flexibility index (Phi) is 6.96. The molecule has 0 bridgehead atoms. The Hall–Kier alpha value is -1.30. The Balaban J connectivity index is 1.75. The van der Waals surface area contributed by atoms with E-state index in [0.717, 1.165) is 25.1 Å². The van der Waals surface area contributed by atoms with Gasteiger partial charge in [0.1, 0.15) is 0 Å². The van der Waals surface area contributed by atoms with E-state index in [4.69, 9.17) is 0 Å². The molecule has 0 aromatic rings. The molecular formula is C16H31N5O. The molecule has 6 heteroatoms. The van der Waals surface area contributed by atoms with Crippen LogP contribution in [0.5, 0.6) is 0 Å². The Morgan fingerprint density at radius 3 is 2.68 bits per heavy atom. The summed E-state index contributed by atoms with van der Waals surface area (Å²) in [5.74, 6) is 0.863. The summed E-state index contributed by atoms with van der Waals surface area (Å²) < 4.78 is 0. The zero-order valence-corrected chi connectivity index (χ0v) is 14.0. The second-order valence-electron chi connectivity index (χ2n) is 6.31. The lowest BCUT2D eigenvalue weighted by Gasteiger charge is -2.24. The van der Waals surface area contributed by atoms with Crippen LogP contribution in [0.15, 0.2) is 4.99 Å². The third-order valence-corrected chi connectivity index (χ3v) is 4.50. The number of hydrogen-bond donors (Lipinski definition) is 3. The Morgan fingerprint density at radius 1 is 1.23 bits per heavy atom. The van der Waals surface area contributed by atoms with Crippen LogP contribution in [0, 0.1) is 0 Å². The fourth-order valence-corrected chi connectivity index (χ4v) is 3.42. The van der Waals surface area contributed by atoms with E-state index in [1.807, 2.05) is 0 Å². The number of likely N-dealkylation sites (tertiary alicyclic amines) is 1. The van der Waals surface area contributed by atoms with E-state index in [1.165, 1.54) is 45.6 Å². The van der Waals surface area contributed by atoms with Gasteiger partial charge in [-0.15, -0.1) is 0 Å². The van der Waals surface area contributed by atoms with E-state index in [1.54, 1.807) is 0 Å². The molecule has 1 heterocycles. The van der Waals surface area contributed by atoms with E-state index in [-0.39, 0.29) is 5.91 Å². The maximum absolute atomic E-state index is 10.9. The Bertz CT molecular complexity index is 379. The first-order valence-corrected chi connectivity index (χ1v) is 8.72. The van der Waals surface area contributed by atoms with Crippen LogP contribution in [0.4, 0.5) is 0 Å². The predicted molar refractivity (Wildman–Crippen MR) is 90.0 cm³/mol. The third kappa shape index (κ3) is 5.48. The van der Waals surface area contributed by atoms with Crippen molar-refractivity contribution >= 4 is 11.9 Å². The van der Waals surface area contributed by atoms with Crippen molar-refractivity contribution in [3.63, 3.8) is 0 Å². The number of rotatable bonds is 6. The Labute approximate surface area is 134 Å². The number of nitrogens with one attached hydrogen (secondary N) is 3. The fraction of sp³-hybridized carbons (Fsp3) is 0.875. The van der Waals surface area contributed by atoms with Crippen LogP contribution in [0.1, 0.15) is 46.0 Å². The number of amides is 1. The first kappa shape index (κ1) is 17.1. The van der Waals surface area contributed by atoms with Crippen molar-refractivity contribution in [2.24, 2.45) is 4.99 Å². The van der Waals surface area contributed by atoms with Gasteiger partial charge in [0.15, 0.2) is 5.96 Å². The second-order valence-corrected chi connectivity index (χ2v) is 6.31. The van der Waals surface area contributed by atoms with Crippen LogP contribution in [0.25, 0.3) is 0 Å². The van der Waals surface area contributed by atoms with Gasteiger partial charge in [0.25, 0.3) is 0 Å². The maximum Gasteiger partial charge on any atom is 0.216 e. The lowest BCUT2D eigenvalue weighted by molar-refractivity contribution is -0.118. The topological polar surface area (TPSA) is 68.8 Å². The molecule has 0 spiro atoms. The van der Waals surface area contributed by atoms with Gasteiger partial charge < -0.3 is 16.0 Å². The van der Waals surface area contributed by atoms with E-state index in [2.05, 4.69) is 32.8 Å². The lowest BCUT2D eigenvalue weighted by Crippen LogP contribution is -2.45. The van der Waals surface area contributed by atoms with Gasteiger partial charge in [-0.25, -0.2) is 0 Å². The lowest BCUT2D eigenvalue weighted by atomic mass is 10.2. The number of carbonyl (C=O) groups is 1. The highest BCUT2D eigenvalue weighted by Crippen LogP contribution is 2.26. The largest absolute Gasteiger partial charge is 0.357 e. The second kappa shape index (κ2) is 8.98. The van der Waals surface area contributed by atoms with Gasteiger partial charge in [-0.05, 0) is 26.2 Å². The third-order valence-electron chi connectivity index (χ3n) is 4.50. The minimum absolute atomic E-state index is 0.00356. The molecule has 3 N–H and O–H groups in total. The van der Waals surface area contributed by atoms with Gasteiger partial charge in [0.05, 0.1) is 6.54 Å². The monoisotopic (exact) mass is 309 g/mol. The molecule has 22 heavy (non-hydrogen) atoms. The molecule has 1 aliphatic carbocycles. The highest BCUT2D eigenvalue weighted by molar-refractivity contribution is 5.80. The normalized spacial score (nSPS) is 23.7. The molecule has 2 fully saturated rings. The van der Waals surface area contributed by atoms with Crippen LogP contribution in [0.3, 0.4) is 0 Å². The highest BCUT2D eigenvalue weighted by atomic mass is 16.1. The molecule has 1 saturated carbocycles. The van der Waals surface area contributed by atoms with Gasteiger partial charge in [-0.1, -0.05) is 12.8 Å². The van der Waals surface area contributed by atoms with Gasteiger partial charge in [0, 0.05) is 45.2 Å². The summed E-state index contributed by atoms with van der Waals surface area (Å²) in [5.41, 5.74) is 0. The molecule has 1 aliphatic heterocycles. The number of carbonyl (C=O) groups excluding carboxylic acids is 1. The van der Waals surface area contributed by atoms with E-state index >= 15 is 0 Å². The highest BCUT2D eigenvalue weighted by Gasteiger charge is 2.30. The molecule has 2 aliphatic rings. The number of guanidine groups is 1. The molecule has 1 amide bonds. The van der Waals surface area contributed by atoms with Crippen LogP contribution >= 0.6 is 0 Å². The Morgan fingerprint density at radius 2 is 2.00 bits per heavy atom. The van der Waals surface area contributed by atoms with Gasteiger partial charge in [-0.3, -0.25) is 14.7 Å². The molecule has 1 saturated heterocycles. The number of hydrogen-bond acceptors (Lipinski definition) is 3.